The molecule has 3 heteroatoms. The Morgan fingerprint density at radius 3 is 2.58 bits per heavy atom. The molecule has 0 rings (SSSR count). The fraction of sp³-hybridized carbons (Fsp3) is 0.778. The van der Waals surface area contributed by atoms with E-state index in [1.807, 2.05) is 13.8 Å². The number of ether oxygens (including phenoxy) is 1. The van der Waals surface area contributed by atoms with Crippen LogP contribution in [0.25, 0.3) is 0 Å². The van der Waals surface area contributed by atoms with E-state index < -0.39 is 0 Å². The smallest absolute Gasteiger partial charge is 0.180 e. The molecule has 0 aromatic heterocycles. The largest absolute Gasteiger partial charge is 0.481 e. The molecule has 0 aromatic carbocycles. The van der Waals surface area contributed by atoms with Crippen molar-refractivity contribution in [1.29, 1.82) is 0 Å². The number of carbonyl (C=O) groups is 1. The van der Waals surface area contributed by atoms with Crippen LogP contribution in [-0.2, 0) is 9.53 Å². The fourth-order valence-corrected chi connectivity index (χ4v) is 0.812. The molecule has 0 heterocycles. The molecule has 0 saturated heterocycles. The second-order valence-electron chi connectivity index (χ2n) is 2.56. The number of aliphatic imine (C=N–C) groups is 1. The van der Waals surface area contributed by atoms with E-state index in [1.54, 1.807) is 6.92 Å². The van der Waals surface area contributed by atoms with Gasteiger partial charge in [0.15, 0.2) is 11.7 Å². The van der Waals surface area contributed by atoms with Crippen LogP contribution in [0, 0.1) is 0 Å². The average Bonchev–Trinajstić information content (AvgIpc) is 2.02. The predicted molar refractivity (Wildman–Crippen MR) is 49.5 cm³/mol. The van der Waals surface area contributed by atoms with Crippen molar-refractivity contribution in [3.05, 3.63) is 0 Å². The number of Topliss-reactive ketones (excluding diaryl/α,β-unsaturated/α-hetero) is 1. The van der Waals surface area contributed by atoms with Crippen LogP contribution >= 0.6 is 0 Å². The van der Waals surface area contributed by atoms with Gasteiger partial charge in [0.25, 0.3) is 0 Å². The summed E-state index contributed by atoms with van der Waals surface area (Å²) in [6, 6.07) is 0. The molecule has 0 aliphatic heterocycles. The summed E-state index contributed by atoms with van der Waals surface area (Å²) in [6.07, 6.45) is 1.50. The summed E-state index contributed by atoms with van der Waals surface area (Å²) in [4.78, 5) is 15.0. The van der Waals surface area contributed by atoms with Gasteiger partial charge in [-0.25, -0.2) is 4.99 Å². The highest BCUT2D eigenvalue weighted by atomic mass is 16.5. The highest BCUT2D eigenvalue weighted by Gasteiger charge is 1.98. The van der Waals surface area contributed by atoms with E-state index in [-0.39, 0.29) is 12.3 Å². The van der Waals surface area contributed by atoms with E-state index in [0.29, 0.717) is 18.9 Å². The maximum Gasteiger partial charge on any atom is 0.180 e. The van der Waals surface area contributed by atoms with Crippen molar-refractivity contribution in [2.45, 2.75) is 33.6 Å². The molecular weight excluding hydrogens is 154 g/mol. The predicted octanol–water partition coefficient (Wildman–Crippen LogP) is 1.81. The van der Waals surface area contributed by atoms with Crippen molar-refractivity contribution in [3.8, 4) is 0 Å². The molecule has 12 heavy (non-hydrogen) atoms. The first kappa shape index (κ1) is 11.1. The molecule has 0 spiro atoms. The maximum absolute atomic E-state index is 11.0. The van der Waals surface area contributed by atoms with Crippen LogP contribution in [0.15, 0.2) is 4.99 Å². The number of carbonyl (C=O) groups excluding carboxylic acids is 1. The van der Waals surface area contributed by atoms with Gasteiger partial charge in [0.05, 0.1) is 6.61 Å². The van der Waals surface area contributed by atoms with Gasteiger partial charge in [0.1, 0.15) is 6.54 Å². The zero-order valence-corrected chi connectivity index (χ0v) is 8.09. The lowest BCUT2D eigenvalue weighted by molar-refractivity contribution is -0.117. The average molecular weight is 171 g/mol. The minimum Gasteiger partial charge on any atom is -0.481 e. The van der Waals surface area contributed by atoms with Crippen LogP contribution in [0.3, 0.4) is 0 Å². The molecule has 0 fully saturated rings. The van der Waals surface area contributed by atoms with Crippen molar-refractivity contribution in [2.24, 2.45) is 4.99 Å². The van der Waals surface area contributed by atoms with Gasteiger partial charge in [-0.2, -0.15) is 0 Å². The van der Waals surface area contributed by atoms with Crippen molar-refractivity contribution < 1.29 is 9.53 Å². The second kappa shape index (κ2) is 6.83. The summed E-state index contributed by atoms with van der Waals surface area (Å²) >= 11 is 0. The van der Waals surface area contributed by atoms with Gasteiger partial charge in [-0.3, -0.25) is 4.79 Å². The Morgan fingerprint density at radius 2 is 2.08 bits per heavy atom. The number of ketones is 1. The van der Waals surface area contributed by atoms with E-state index >= 15 is 0 Å². The first-order valence-electron chi connectivity index (χ1n) is 4.36. The van der Waals surface area contributed by atoms with Crippen molar-refractivity contribution in [3.63, 3.8) is 0 Å². The van der Waals surface area contributed by atoms with Crippen LogP contribution in [0.1, 0.15) is 33.6 Å². The van der Waals surface area contributed by atoms with E-state index in [9.17, 15) is 4.79 Å². The number of hydrogen-bond acceptors (Lipinski definition) is 3. The SMILES string of the molecule is CCCC(=O)CN=C(C)OCC. The van der Waals surface area contributed by atoms with Gasteiger partial charge in [0.2, 0.25) is 0 Å². The fourth-order valence-electron chi connectivity index (χ4n) is 0.812. The second-order valence-corrected chi connectivity index (χ2v) is 2.56. The third kappa shape index (κ3) is 5.89. The molecule has 0 amide bonds. The Morgan fingerprint density at radius 1 is 1.42 bits per heavy atom. The summed E-state index contributed by atoms with van der Waals surface area (Å²) in [5.74, 6) is 0.776. The summed E-state index contributed by atoms with van der Waals surface area (Å²) in [6.45, 7) is 6.52. The normalized spacial score (nSPS) is 11.4. The molecule has 0 atom stereocenters. The monoisotopic (exact) mass is 171 g/mol. The summed E-state index contributed by atoms with van der Waals surface area (Å²) in [5, 5.41) is 0. The van der Waals surface area contributed by atoms with Gasteiger partial charge < -0.3 is 4.74 Å². The standard InChI is InChI=1S/C9H17NO2/c1-4-6-9(11)7-10-8(3)12-5-2/h4-7H2,1-3H3. The third-order valence-corrected chi connectivity index (χ3v) is 1.36. The molecule has 0 saturated carbocycles. The quantitative estimate of drug-likeness (QED) is 0.467. The zero-order valence-electron chi connectivity index (χ0n) is 8.09. The van der Waals surface area contributed by atoms with E-state index in [4.69, 9.17) is 4.74 Å². The molecule has 0 N–H and O–H groups in total. The Bertz CT molecular complexity index is 164. The molecule has 0 unspecified atom stereocenters. The van der Waals surface area contributed by atoms with E-state index in [2.05, 4.69) is 4.99 Å². The molecule has 70 valence electrons. The summed E-state index contributed by atoms with van der Waals surface area (Å²) in [7, 11) is 0. The topological polar surface area (TPSA) is 38.7 Å². The molecule has 0 aromatic rings. The molecule has 0 bridgehead atoms. The lowest BCUT2D eigenvalue weighted by Crippen LogP contribution is -2.06. The Balaban J connectivity index is 3.63. The van der Waals surface area contributed by atoms with Crippen LogP contribution in [-0.4, -0.2) is 24.8 Å². The first-order chi connectivity index (χ1) is 5.70. The van der Waals surface area contributed by atoms with Crippen LogP contribution in [0.5, 0.6) is 0 Å². The van der Waals surface area contributed by atoms with Gasteiger partial charge in [-0.15, -0.1) is 0 Å². The first-order valence-corrected chi connectivity index (χ1v) is 4.36. The van der Waals surface area contributed by atoms with Gasteiger partial charge >= 0.3 is 0 Å². The number of nitrogens with zero attached hydrogens (tertiary/aromatic N) is 1. The van der Waals surface area contributed by atoms with Crippen LogP contribution < -0.4 is 0 Å². The zero-order chi connectivity index (χ0) is 9.40. The Labute approximate surface area is 73.8 Å². The lowest BCUT2D eigenvalue weighted by atomic mass is 10.2. The number of rotatable bonds is 5. The van der Waals surface area contributed by atoms with E-state index in [1.165, 1.54) is 0 Å². The molecule has 0 radical (unpaired) electrons. The van der Waals surface area contributed by atoms with Crippen LogP contribution in [0.4, 0.5) is 0 Å². The Hall–Kier alpha value is -0.860. The highest BCUT2D eigenvalue weighted by Crippen LogP contribution is 1.90. The minimum absolute atomic E-state index is 0.177. The summed E-state index contributed by atoms with van der Waals surface area (Å²) in [5.41, 5.74) is 0. The number of hydrogen-bond donors (Lipinski definition) is 0. The summed E-state index contributed by atoms with van der Waals surface area (Å²) < 4.78 is 5.07. The molecular formula is C9H17NO2. The highest BCUT2D eigenvalue weighted by molar-refractivity contribution is 5.83. The van der Waals surface area contributed by atoms with Gasteiger partial charge in [-0.05, 0) is 13.3 Å². The van der Waals surface area contributed by atoms with E-state index in [0.717, 1.165) is 6.42 Å². The molecule has 3 nitrogen and oxygen atoms in total. The van der Waals surface area contributed by atoms with Gasteiger partial charge in [0, 0.05) is 13.3 Å². The van der Waals surface area contributed by atoms with Crippen molar-refractivity contribution in [1.82, 2.24) is 0 Å². The molecule has 0 aliphatic rings. The maximum atomic E-state index is 11.0. The van der Waals surface area contributed by atoms with Crippen LogP contribution in [0.2, 0.25) is 0 Å². The lowest BCUT2D eigenvalue weighted by Gasteiger charge is -2.00. The van der Waals surface area contributed by atoms with Crippen molar-refractivity contribution >= 4 is 11.7 Å². The molecule has 0 aliphatic carbocycles. The Kier molecular flexibility index (Phi) is 6.34. The van der Waals surface area contributed by atoms with Crippen molar-refractivity contribution in [2.75, 3.05) is 13.2 Å². The third-order valence-electron chi connectivity index (χ3n) is 1.36. The van der Waals surface area contributed by atoms with Gasteiger partial charge in [-0.1, -0.05) is 6.92 Å². The minimum atomic E-state index is 0.177.